The first-order valence-electron chi connectivity index (χ1n) is 5.85. The van der Waals surface area contributed by atoms with Crippen molar-refractivity contribution in [3.63, 3.8) is 0 Å². The highest BCUT2D eigenvalue weighted by atomic mass is 32.2. The normalized spacial score (nSPS) is 10.9. The van der Waals surface area contributed by atoms with Crippen molar-refractivity contribution in [2.45, 2.75) is 4.90 Å². The monoisotopic (exact) mass is 308 g/mol. The van der Waals surface area contributed by atoms with Crippen LogP contribution in [0.1, 0.15) is 10.4 Å². The number of methoxy groups -OCH3 is 1. The van der Waals surface area contributed by atoms with E-state index < -0.39 is 16.1 Å². The Kier molecular flexibility index (Phi) is 4.13. The van der Waals surface area contributed by atoms with Crippen molar-refractivity contribution in [1.82, 2.24) is 0 Å². The summed E-state index contributed by atoms with van der Waals surface area (Å²) in [4.78, 5) is 10.8. The zero-order chi connectivity index (χ0) is 15.5. The highest BCUT2D eigenvalue weighted by molar-refractivity contribution is 7.87. The molecule has 21 heavy (non-hydrogen) atoms. The molecular formula is C14H12O6S. The van der Waals surface area contributed by atoms with Crippen LogP contribution in [0, 0.1) is 0 Å². The van der Waals surface area contributed by atoms with E-state index in [2.05, 4.69) is 0 Å². The van der Waals surface area contributed by atoms with Crippen molar-refractivity contribution in [3.05, 3.63) is 54.1 Å². The molecule has 0 spiro atoms. The number of ether oxygens (including phenoxy) is 1. The summed E-state index contributed by atoms with van der Waals surface area (Å²) in [5.41, 5.74) is -0.254. The largest absolute Gasteiger partial charge is 0.496 e. The molecule has 1 N–H and O–H groups in total. The minimum Gasteiger partial charge on any atom is -0.496 e. The van der Waals surface area contributed by atoms with Gasteiger partial charge in [0.15, 0.2) is 0 Å². The Morgan fingerprint density at radius 1 is 1.10 bits per heavy atom. The number of carboxylic acid groups (broad SMARTS) is 1. The van der Waals surface area contributed by atoms with E-state index in [4.69, 9.17) is 14.0 Å². The first kappa shape index (κ1) is 14.9. The van der Waals surface area contributed by atoms with E-state index >= 15 is 0 Å². The molecule has 0 unspecified atom stereocenters. The Hall–Kier alpha value is -2.54. The van der Waals surface area contributed by atoms with E-state index in [1.165, 1.54) is 31.4 Å². The highest BCUT2D eigenvalue weighted by Gasteiger charge is 2.21. The molecule has 2 aromatic rings. The SMILES string of the molecule is COc1ccc(S(=O)(=O)Oc2ccccc2)cc1C(=O)O. The molecule has 0 aliphatic rings. The van der Waals surface area contributed by atoms with Crippen LogP contribution in [0.25, 0.3) is 0 Å². The molecule has 0 bridgehead atoms. The van der Waals surface area contributed by atoms with Gasteiger partial charge in [-0.15, -0.1) is 0 Å². The summed E-state index contributed by atoms with van der Waals surface area (Å²) in [5, 5.41) is 9.06. The molecule has 0 saturated heterocycles. The summed E-state index contributed by atoms with van der Waals surface area (Å²) in [6, 6.07) is 11.4. The van der Waals surface area contributed by atoms with Crippen LogP contribution in [-0.4, -0.2) is 26.6 Å². The predicted molar refractivity (Wildman–Crippen MR) is 74.2 cm³/mol. The summed E-state index contributed by atoms with van der Waals surface area (Å²) in [7, 11) is -2.81. The van der Waals surface area contributed by atoms with Gasteiger partial charge in [0.25, 0.3) is 0 Å². The number of carboxylic acids is 1. The van der Waals surface area contributed by atoms with Gasteiger partial charge in [-0.2, -0.15) is 8.42 Å². The van der Waals surface area contributed by atoms with Crippen molar-refractivity contribution in [1.29, 1.82) is 0 Å². The standard InChI is InChI=1S/C14H12O6S/c1-19-13-8-7-11(9-12(13)14(15)16)21(17,18)20-10-5-3-2-4-6-10/h2-9H,1H3,(H,15,16). The van der Waals surface area contributed by atoms with Crippen LogP contribution in [0.5, 0.6) is 11.5 Å². The number of para-hydroxylation sites is 1. The predicted octanol–water partition coefficient (Wildman–Crippen LogP) is 2.16. The van der Waals surface area contributed by atoms with Crippen molar-refractivity contribution in [3.8, 4) is 11.5 Å². The Bertz CT molecular complexity index is 752. The van der Waals surface area contributed by atoms with Gasteiger partial charge < -0.3 is 14.0 Å². The van der Waals surface area contributed by atoms with Gasteiger partial charge in [0.1, 0.15) is 22.0 Å². The first-order chi connectivity index (χ1) is 9.94. The Morgan fingerprint density at radius 3 is 2.33 bits per heavy atom. The number of hydrogen-bond acceptors (Lipinski definition) is 5. The molecule has 6 nitrogen and oxygen atoms in total. The van der Waals surface area contributed by atoms with Gasteiger partial charge in [0, 0.05) is 0 Å². The zero-order valence-corrected chi connectivity index (χ0v) is 11.8. The van der Waals surface area contributed by atoms with Gasteiger partial charge in [-0.05, 0) is 30.3 Å². The van der Waals surface area contributed by atoms with Crippen molar-refractivity contribution in [2.75, 3.05) is 7.11 Å². The molecule has 0 aliphatic carbocycles. The Labute approximate surface area is 121 Å². The summed E-state index contributed by atoms with van der Waals surface area (Å²) in [5.74, 6) is -1.07. The third-order valence-electron chi connectivity index (χ3n) is 2.64. The number of carbonyl (C=O) groups is 1. The smallest absolute Gasteiger partial charge is 0.339 e. The van der Waals surface area contributed by atoms with Crippen molar-refractivity contribution < 1.29 is 27.2 Å². The van der Waals surface area contributed by atoms with Crippen LogP contribution in [0.2, 0.25) is 0 Å². The minimum absolute atomic E-state index is 0.0705. The third-order valence-corrected chi connectivity index (χ3v) is 3.88. The molecule has 0 fully saturated rings. The average molecular weight is 308 g/mol. The van der Waals surface area contributed by atoms with Gasteiger partial charge in [-0.25, -0.2) is 4.79 Å². The molecule has 0 heterocycles. The molecule has 2 aromatic carbocycles. The van der Waals surface area contributed by atoms with Crippen molar-refractivity contribution >= 4 is 16.1 Å². The summed E-state index contributed by atoms with van der Waals surface area (Å²) in [6.07, 6.45) is 0. The van der Waals surface area contributed by atoms with Gasteiger partial charge >= 0.3 is 16.1 Å². The lowest BCUT2D eigenvalue weighted by molar-refractivity contribution is 0.0693. The molecule has 0 atom stereocenters. The second-order valence-electron chi connectivity index (χ2n) is 4.02. The van der Waals surface area contributed by atoms with E-state index in [-0.39, 0.29) is 22.0 Å². The Balaban J connectivity index is 2.41. The van der Waals surface area contributed by atoms with Crippen LogP contribution < -0.4 is 8.92 Å². The molecule has 7 heteroatoms. The van der Waals surface area contributed by atoms with Gasteiger partial charge in [0.05, 0.1) is 7.11 Å². The number of aromatic carboxylic acids is 1. The summed E-state index contributed by atoms with van der Waals surface area (Å²) in [6.45, 7) is 0. The zero-order valence-electron chi connectivity index (χ0n) is 11.0. The second kappa shape index (κ2) is 5.84. The van der Waals surface area contributed by atoms with Crippen LogP contribution in [0.3, 0.4) is 0 Å². The molecule has 0 aliphatic heterocycles. The maximum absolute atomic E-state index is 12.1. The fourth-order valence-corrected chi connectivity index (χ4v) is 2.62. The second-order valence-corrected chi connectivity index (χ2v) is 5.56. The van der Waals surface area contributed by atoms with E-state index in [0.29, 0.717) is 0 Å². The molecule has 0 amide bonds. The lowest BCUT2D eigenvalue weighted by atomic mass is 10.2. The molecule has 110 valence electrons. The molecule has 0 saturated carbocycles. The van der Waals surface area contributed by atoms with Gasteiger partial charge in [-0.1, -0.05) is 18.2 Å². The van der Waals surface area contributed by atoms with Crippen LogP contribution in [-0.2, 0) is 10.1 Å². The summed E-state index contributed by atoms with van der Waals surface area (Å²) < 4.78 is 34.1. The lowest BCUT2D eigenvalue weighted by Crippen LogP contribution is -2.11. The summed E-state index contributed by atoms with van der Waals surface area (Å²) >= 11 is 0. The van der Waals surface area contributed by atoms with Crippen LogP contribution in [0.15, 0.2) is 53.4 Å². The van der Waals surface area contributed by atoms with Crippen LogP contribution >= 0.6 is 0 Å². The maximum atomic E-state index is 12.1. The van der Waals surface area contributed by atoms with E-state index in [1.54, 1.807) is 18.2 Å². The van der Waals surface area contributed by atoms with E-state index in [1.807, 2.05) is 0 Å². The molecule has 0 aromatic heterocycles. The third kappa shape index (κ3) is 3.32. The Morgan fingerprint density at radius 2 is 1.76 bits per heavy atom. The molecular weight excluding hydrogens is 296 g/mol. The lowest BCUT2D eigenvalue weighted by Gasteiger charge is -2.09. The van der Waals surface area contributed by atoms with Crippen LogP contribution in [0.4, 0.5) is 0 Å². The quantitative estimate of drug-likeness (QED) is 0.851. The first-order valence-corrected chi connectivity index (χ1v) is 7.26. The van der Waals surface area contributed by atoms with E-state index in [9.17, 15) is 13.2 Å². The number of benzene rings is 2. The number of rotatable bonds is 5. The highest BCUT2D eigenvalue weighted by Crippen LogP contribution is 2.24. The maximum Gasteiger partial charge on any atom is 0.339 e. The van der Waals surface area contributed by atoms with E-state index in [0.717, 1.165) is 6.07 Å². The van der Waals surface area contributed by atoms with Crippen molar-refractivity contribution in [2.24, 2.45) is 0 Å². The van der Waals surface area contributed by atoms with Gasteiger partial charge in [-0.3, -0.25) is 0 Å². The van der Waals surface area contributed by atoms with Gasteiger partial charge in [0.2, 0.25) is 0 Å². The molecule has 2 rings (SSSR count). The minimum atomic E-state index is -4.11. The fraction of sp³-hybridized carbons (Fsp3) is 0.0714. The fourth-order valence-electron chi connectivity index (χ4n) is 1.66. The molecule has 0 radical (unpaired) electrons. The number of hydrogen-bond donors (Lipinski definition) is 1. The topological polar surface area (TPSA) is 89.9 Å². The average Bonchev–Trinajstić information content (AvgIpc) is 2.47.